The van der Waals surface area contributed by atoms with E-state index < -0.39 is 23.7 Å². The first kappa shape index (κ1) is 15.8. The molecule has 0 heterocycles. The van der Waals surface area contributed by atoms with E-state index in [1.807, 2.05) is 13.8 Å². The Balaban J connectivity index is 2.55. The van der Waals surface area contributed by atoms with Crippen LogP contribution in [0.25, 0.3) is 0 Å². The van der Waals surface area contributed by atoms with Gasteiger partial charge >= 0.3 is 12.1 Å². The van der Waals surface area contributed by atoms with E-state index in [4.69, 9.17) is 9.84 Å². The van der Waals surface area contributed by atoms with Crippen molar-refractivity contribution in [1.82, 2.24) is 5.32 Å². The molecule has 0 aliphatic heterocycles. The summed E-state index contributed by atoms with van der Waals surface area (Å²) >= 11 is 0. The number of carbonyl (C=O) groups excluding carboxylic acids is 1. The fourth-order valence-electron chi connectivity index (χ4n) is 2.47. The molecule has 0 aromatic heterocycles. The summed E-state index contributed by atoms with van der Waals surface area (Å²) < 4.78 is 5.44. The summed E-state index contributed by atoms with van der Waals surface area (Å²) in [7, 11) is 0. The van der Waals surface area contributed by atoms with Crippen molar-refractivity contribution in [2.45, 2.75) is 70.9 Å². The lowest BCUT2D eigenvalue weighted by molar-refractivity contribution is -0.140. The first-order valence-electron chi connectivity index (χ1n) is 7.10. The lowest BCUT2D eigenvalue weighted by atomic mass is 9.86. The Kier molecular flexibility index (Phi) is 5.63. The van der Waals surface area contributed by atoms with Crippen LogP contribution in [0, 0.1) is 5.92 Å². The van der Waals surface area contributed by atoms with Gasteiger partial charge in [0, 0.05) is 0 Å². The topological polar surface area (TPSA) is 75.6 Å². The number of carboxylic acids is 1. The number of alkyl carbamates (subject to hydrolysis) is 1. The van der Waals surface area contributed by atoms with Gasteiger partial charge in [-0.15, -0.1) is 0 Å². The first-order chi connectivity index (χ1) is 8.88. The summed E-state index contributed by atoms with van der Waals surface area (Å²) in [4.78, 5) is 23.0. The number of hydrogen-bond donors (Lipinski definition) is 2. The highest BCUT2D eigenvalue weighted by Gasteiger charge is 2.33. The maximum atomic E-state index is 11.9. The molecule has 0 radical (unpaired) electrons. The van der Waals surface area contributed by atoms with E-state index in [9.17, 15) is 9.59 Å². The third-order valence-electron chi connectivity index (χ3n) is 4.00. The molecule has 1 aliphatic carbocycles. The van der Waals surface area contributed by atoms with Gasteiger partial charge in [0.1, 0.15) is 11.6 Å². The van der Waals surface area contributed by atoms with Crippen LogP contribution in [-0.2, 0) is 9.53 Å². The molecule has 2 unspecified atom stereocenters. The van der Waals surface area contributed by atoms with Crippen LogP contribution in [0.2, 0.25) is 0 Å². The molecular weight excluding hydrogens is 246 g/mol. The van der Waals surface area contributed by atoms with Gasteiger partial charge in [0.05, 0.1) is 0 Å². The second kappa shape index (κ2) is 6.78. The molecule has 0 aromatic rings. The third kappa shape index (κ3) is 4.73. The van der Waals surface area contributed by atoms with Gasteiger partial charge in [-0.05, 0) is 38.5 Å². The van der Waals surface area contributed by atoms with Gasteiger partial charge in [0.15, 0.2) is 0 Å². The summed E-state index contributed by atoms with van der Waals surface area (Å²) in [5.74, 6) is -1.13. The summed E-state index contributed by atoms with van der Waals surface area (Å²) in [5, 5.41) is 11.6. The highest BCUT2D eigenvalue weighted by Crippen LogP contribution is 2.31. The quantitative estimate of drug-likeness (QED) is 0.806. The molecule has 5 heteroatoms. The van der Waals surface area contributed by atoms with E-state index in [1.165, 1.54) is 6.42 Å². The van der Waals surface area contributed by atoms with Crippen LogP contribution in [0.1, 0.15) is 59.3 Å². The predicted octanol–water partition coefficient (Wildman–Crippen LogP) is 2.93. The number of hydrogen-bond acceptors (Lipinski definition) is 3. The van der Waals surface area contributed by atoms with Crippen molar-refractivity contribution >= 4 is 12.1 Å². The number of rotatable bonds is 5. The summed E-state index contributed by atoms with van der Waals surface area (Å²) in [5.41, 5.74) is -0.444. The Morgan fingerprint density at radius 2 is 1.89 bits per heavy atom. The van der Waals surface area contributed by atoms with E-state index in [1.54, 1.807) is 6.92 Å². The molecular formula is C14H25NO4. The molecule has 0 saturated heterocycles. The van der Waals surface area contributed by atoms with Gasteiger partial charge in [-0.3, -0.25) is 0 Å². The molecule has 0 aromatic carbocycles. The van der Waals surface area contributed by atoms with Crippen LogP contribution in [0.3, 0.4) is 0 Å². The standard InChI is InChI=1S/C14H25NO4/c1-4-10(2)11(12(16)17)15-13(18)19-14(3)8-6-5-7-9-14/h10-11H,4-9H2,1-3H3,(H,15,18)(H,16,17). The van der Waals surface area contributed by atoms with Crippen LogP contribution in [0.15, 0.2) is 0 Å². The van der Waals surface area contributed by atoms with E-state index in [2.05, 4.69) is 5.32 Å². The van der Waals surface area contributed by atoms with Crippen LogP contribution in [0.5, 0.6) is 0 Å². The Morgan fingerprint density at radius 3 is 2.37 bits per heavy atom. The molecule has 1 aliphatic rings. The zero-order valence-electron chi connectivity index (χ0n) is 12.1. The SMILES string of the molecule is CCC(C)C(NC(=O)OC1(C)CCCCC1)C(=O)O. The fraction of sp³-hybridized carbons (Fsp3) is 0.857. The maximum absolute atomic E-state index is 11.9. The average Bonchev–Trinajstić information content (AvgIpc) is 2.35. The average molecular weight is 271 g/mol. The van der Waals surface area contributed by atoms with Crippen molar-refractivity contribution < 1.29 is 19.4 Å². The number of carbonyl (C=O) groups is 2. The third-order valence-corrected chi connectivity index (χ3v) is 4.00. The highest BCUT2D eigenvalue weighted by atomic mass is 16.6. The van der Waals surface area contributed by atoms with Crippen LogP contribution < -0.4 is 5.32 Å². The highest BCUT2D eigenvalue weighted by molar-refractivity contribution is 5.80. The number of amides is 1. The molecule has 2 N–H and O–H groups in total. The Morgan fingerprint density at radius 1 is 1.32 bits per heavy atom. The lowest BCUT2D eigenvalue weighted by Gasteiger charge is -2.33. The monoisotopic (exact) mass is 271 g/mol. The summed E-state index contributed by atoms with van der Waals surface area (Å²) in [6.07, 6.45) is 5.05. The molecule has 1 amide bonds. The van der Waals surface area contributed by atoms with E-state index >= 15 is 0 Å². The normalized spacial score (nSPS) is 21.2. The van der Waals surface area contributed by atoms with Crippen molar-refractivity contribution in [2.24, 2.45) is 5.92 Å². The lowest BCUT2D eigenvalue weighted by Crippen LogP contribution is -2.48. The molecule has 0 bridgehead atoms. The van der Waals surface area contributed by atoms with Gasteiger partial charge in [-0.2, -0.15) is 0 Å². The molecule has 2 atom stereocenters. The molecule has 1 saturated carbocycles. The smallest absolute Gasteiger partial charge is 0.408 e. The van der Waals surface area contributed by atoms with Crippen molar-refractivity contribution in [3.05, 3.63) is 0 Å². The van der Waals surface area contributed by atoms with E-state index in [-0.39, 0.29) is 5.92 Å². The van der Waals surface area contributed by atoms with Gasteiger partial charge in [0.2, 0.25) is 0 Å². The number of aliphatic carboxylic acids is 1. The number of nitrogens with one attached hydrogen (secondary N) is 1. The zero-order valence-corrected chi connectivity index (χ0v) is 12.1. The van der Waals surface area contributed by atoms with E-state index in [0.717, 1.165) is 25.7 Å². The van der Waals surface area contributed by atoms with Gasteiger partial charge in [0.25, 0.3) is 0 Å². The second-order valence-corrected chi connectivity index (χ2v) is 5.75. The van der Waals surface area contributed by atoms with Crippen molar-refractivity contribution in [3.63, 3.8) is 0 Å². The minimum atomic E-state index is -1.01. The molecule has 0 spiro atoms. The van der Waals surface area contributed by atoms with E-state index in [0.29, 0.717) is 6.42 Å². The van der Waals surface area contributed by atoms with Gasteiger partial charge in [-0.25, -0.2) is 9.59 Å². The Labute approximate surface area is 114 Å². The van der Waals surface area contributed by atoms with Gasteiger partial charge in [-0.1, -0.05) is 26.7 Å². The first-order valence-corrected chi connectivity index (χ1v) is 7.10. The molecule has 110 valence electrons. The van der Waals surface area contributed by atoms with Crippen LogP contribution >= 0.6 is 0 Å². The molecule has 1 fully saturated rings. The molecule has 5 nitrogen and oxygen atoms in total. The number of carboxylic acid groups (broad SMARTS) is 1. The summed E-state index contributed by atoms with van der Waals surface area (Å²) in [6.45, 7) is 5.63. The molecule has 19 heavy (non-hydrogen) atoms. The Bertz CT molecular complexity index is 323. The van der Waals surface area contributed by atoms with Gasteiger partial charge < -0.3 is 15.2 Å². The molecule has 1 rings (SSSR count). The van der Waals surface area contributed by atoms with Crippen molar-refractivity contribution in [2.75, 3.05) is 0 Å². The second-order valence-electron chi connectivity index (χ2n) is 5.75. The van der Waals surface area contributed by atoms with Crippen molar-refractivity contribution in [3.8, 4) is 0 Å². The van der Waals surface area contributed by atoms with Crippen LogP contribution in [-0.4, -0.2) is 28.8 Å². The van der Waals surface area contributed by atoms with Crippen LogP contribution in [0.4, 0.5) is 4.79 Å². The fourth-order valence-corrected chi connectivity index (χ4v) is 2.47. The largest absolute Gasteiger partial charge is 0.480 e. The number of ether oxygens (including phenoxy) is 1. The van der Waals surface area contributed by atoms with Crippen molar-refractivity contribution in [1.29, 1.82) is 0 Å². The Hall–Kier alpha value is -1.26. The zero-order chi connectivity index (χ0) is 14.5. The summed E-state index contributed by atoms with van der Waals surface area (Å²) in [6, 6.07) is -0.885. The minimum Gasteiger partial charge on any atom is -0.480 e. The minimum absolute atomic E-state index is 0.121. The maximum Gasteiger partial charge on any atom is 0.408 e. The predicted molar refractivity (Wildman–Crippen MR) is 72.0 cm³/mol.